The molecule has 1 unspecified atom stereocenters. The summed E-state index contributed by atoms with van der Waals surface area (Å²) in [4.78, 5) is 10.7. The summed E-state index contributed by atoms with van der Waals surface area (Å²) in [7, 11) is 0. The maximum absolute atomic E-state index is 10.7. The Morgan fingerprint density at radius 3 is 2.64 bits per heavy atom. The van der Waals surface area contributed by atoms with E-state index in [-0.39, 0.29) is 11.3 Å². The highest BCUT2D eigenvalue weighted by atomic mass is 16.1. The topological polar surface area (TPSA) is 17.1 Å². The summed E-state index contributed by atoms with van der Waals surface area (Å²) in [6.45, 7) is 6.39. The molecule has 1 nitrogen and oxygen atoms in total. The summed E-state index contributed by atoms with van der Waals surface area (Å²) in [5.41, 5.74) is 1.43. The van der Waals surface area contributed by atoms with E-state index in [2.05, 4.69) is 26.8 Å². The lowest BCUT2D eigenvalue weighted by Crippen LogP contribution is -2.28. The number of hydrogen-bond acceptors (Lipinski definition) is 1. The van der Waals surface area contributed by atoms with Crippen LogP contribution in [-0.4, -0.2) is 6.29 Å². The molecule has 0 bridgehead atoms. The SMILES string of the molecule is CC1=CCCC(C)(C)C1C=O. The summed E-state index contributed by atoms with van der Waals surface area (Å²) in [5, 5.41) is 0. The fourth-order valence-corrected chi connectivity index (χ4v) is 1.86. The average molecular weight is 152 g/mol. The van der Waals surface area contributed by atoms with E-state index in [1.54, 1.807) is 0 Å². The molecule has 1 atom stereocenters. The molecular weight excluding hydrogens is 136 g/mol. The maximum Gasteiger partial charge on any atom is 0.127 e. The Morgan fingerprint density at radius 1 is 1.64 bits per heavy atom. The van der Waals surface area contributed by atoms with Crippen molar-refractivity contribution in [2.45, 2.75) is 33.6 Å². The Bertz CT molecular complexity index is 189. The largest absolute Gasteiger partial charge is 0.303 e. The quantitative estimate of drug-likeness (QED) is 0.417. The molecular formula is C10H16O. The van der Waals surface area contributed by atoms with E-state index >= 15 is 0 Å². The first-order valence-electron chi connectivity index (χ1n) is 4.20. The number of carbonyl (C=O) groups excluding carboxylic acids is 1. The van der Waals surface area contributed by atoms with Crippen molar-refractivity contribution in [2.75, 3.05) is 0 Å². The third-order valence-corrected chi connectivity index (χ3v) is 2.72. The second kappa shape index (κ2) is 2.80. The molecule has 1 rings (SSSR count). The van der Waals surface area contributed by atoms with Crippen molar-refractivity contribution < 1.29 is 4.79 Å². The van der Waals surface area contributed by atoms with Crippen molar-refractivity contribution in [3.8, 4) is 0 Å². The van der Waals surface area contributed by atoms with Gasteiger partial charge in [-0.2, -0.15) is 0 Å². The first-order valence-corrected chi connectivity index (χ1v) is 4.20. The molecule has 0 aromatic rings. The lowest BCUT2D eigenvalue weighted by molar-refractivity contribution is -0.113. The van der Waals surface area contributed by atoms with Crippen molar-refractivity contribution in [3.05, 3.63) is 11.6 Å². The zero-order chi connectivity index (χ0) is 8.48. The van der Waals surface area contributed by atoms with Crippen LogP contribution >= 0.6 is 0 Å². The van der Waals surface area contributed by atoms with Crippen LogP contribution in [0.1, 0.15) is 33.6 Å². The Morgan fingerprint density at radius 2 is 2.27 bits per heavy atom. The number of carbonyl (C=O) groups is 1. The molecule has 11 heavy (non-hydrogen) atoms. The van der Waals surface area contributed by atoms with Crippen LogP contribution in [0, 0.1) is 11.3 Å². The average Bonchev–Trinajstić information content (AvgIpc) is 1.86. The van der Waals surface area contributed by atoms with Crippen molar-refractivity contribution in [1.82, 2.24) is 0 Å². The van der Waals surface area contributed by atoms with Gasteiger partial charge in [-0.3, -0.25) is 0 Å². The van der Waals surface area contributed by atoms with Crippen LogP contribution in [0.3, 0.4) is 0 Å². The number of allylic oxidation sites excluding steroid dienone is 2. The van der Waals surface area contributed by atoms with E-state index in [4.69, 9.17) is 0 Å². The van der Waals surface area contributed by atoms with E-state index in [0.717, 1.165) is 19.1 Å². The number of rotatable bonds is 1. The standard InChI is InChI=1S/C10H16O/c1-8-5-4-6-10(2,3)9(8)7-11/h5,7,9H,4,6H2,1-3H3. The molecule has 0 aromatic heterocycles. The summed E-state index contributed by atoms with van der Waals surface area (Å²) in [5.74, 6) is 0.149. The third-order valence-electron chi connectivity index (χ3n) is 2.72. The van der Waals surface area contributed by atoms with Crippen LogP contribution in [0.25, 0.3) is 0 Å². The van der Waals surface area contributed by atoms with E-state index < -0.39 is 0 Å². The van der Waals surface area contributed by atoms with Crippen molar-refractivity contribution in [2.24, 2.45) is 11.3 Å². The molecule has 0 saturated heterocycles. The second-order valence-corrected chi connectivity index (χ2v) is 4.09. The molecule has 0 amide bonds. The van der Waals surface area contributed by atoms with Gasteiger partial charge in [0.25, 0.3) is 0 Å². The van der Waals surface area contributed by atoms with Gasteiger partial charge in [0.05, 0.1) is 0 Å². The van der Waals surface area contributed by atoms with Crippen LogP contribution in [0.4, 0.5) is 0 Å². The summed E-state index contributed by atoms with van der Waals surface area (Å²) in [6.07, 6.45) is 5.53. The minimum Gasteiger partial charge on any atom is -0.303 e. The van der Waals surface area contributed by atoms with Gasteiger partial charge in [0.1, 0.15) is 6.29 Å². The van der Waals surface area contributed by atoms with Crippen LogP contribution in [0.2, 0.25) is 0 Å². The van der Waals surface area contributed by atoms with E-state index in [0.29, 0.717) is 0 Å². The molecule has 0 fully saturated rings. The van der Waals surface area contributed by atoms with Gasteiger partial charge in [0.15, 0.2) is 0 Å². The zero-order valence-electron chi connectivity index (χ0n) is 7.55. The molecule has 0 aliphatic heterocycles. The lowest BCUT2D eigenvalue weighted by atomic mass is 9.69. The van der Waals surface area contributed by atoms with Gasteiger partial charge in [-0.1, -0.05) is 25.5 Å². The van der Waals surface area contributed by atoms with E-state index in [1.165, 1.54) is 5.57 Å². The Labute approximate surface area is 68.5 Å². The van der Waals surface area contributed by atoms with E-state index in [9.17, 15) is 4.79 Å². The van der Waals surface area contributed by atoms with Gasteiger partial charge >= 0.3 is 0 Å². The van der Waals surface area contributed by atoms with Crippen LogP contribution < -0.4 is 0 Å². The summed E-state index contributed by atoms with van der Waals surface area (Å²) in [6, 6.07) is 0. The van der Waals surface area contributed by atoms with Gasteiger partial charge in [-0.05, 0) is 25.2 Å². The summed E-state index contributed by atoms with van der Waals surface area (Å²) >= 11 is 0. The van der Waals surface area contributed by atoms with Gasteiger partial charge in [-0.25, -0.2) is 0 Å². The second-order valence-electron chi connectivity index (χ2n) is 4.09. The fourth-order valence-electron chi connectivity index (χ4n) is 1.86. The van der Waals surface area contributed by atoms with Gasteiger partial charge in [-0.15, -0.1) is 0 Å². The first-order chi connectivity index (χ1) is 5.08. The van der Waals surface area contributed by atoms with Gasteiger partial charge in [0, 0.05) is 5.92 Å². The van der Waals surface area contributed by atoms with Crippen molar-refractivity contribution in [3.63, 3.8) is 0 Å². The molecule has 62 valence electrons. The van der Waals surface area contributed by atoms with Gasteiger partial charge < -0.3 is 4.79 Å². The lowest BCUT2D eigenvalue weighted by Gasteiger charge is -2.34. The Kier molecular flexibility index (Phi) is 2.17. The smallest absolute Gasteiger partial charge is 0.127 e. The number of aldehydes is 1. The highest BCUT2D eigenvalue weighted by Crippen LogP contribution is 2.39. The molecule has 0 heterocycles. The van der Waals surface area contributed by atoms with Crippen molar-refractivity contribution >= 4 is 6.29 Å². The first kappa shape index (κ1) is 8.51. The zero-order valence-corrected chi connectivity index (χ0v) is 7.55. The molecule has 0 aromatic carbocycles. The van der Waals surface area contributed by atoms with Crippen LogP contribution in [0.15, 0.2) is 11.6 Å². The van der Waals surface area contributed by atoms with Gasteiger partial charge in [0.2, 0.25) is 0 Å². The predicted molar refractivity (Wildman–Crippen MR) is 46.3 cm³/mol. The normalized spacial score (nSPS) is 29.4. The van der Waals surface area contributed by atoms with Crippen LogP contribution in [-0.2, 0) is 4.79 Å². The maximum atomic E-state index is 10.7. The molecule has 1 aliphatic carbocycles. The Balaban J connectivity index is 2.89. The fraction of sp³-hybridized carbons (Fsp3) is 0.700. The van der Waals surface area contributed by atoms with E-state index in [1.807, 2.05) is 0 Å². The third kappa shape index (κ3) is 1.52. The number of hydrogen-bond donors (Lipinski definition) is 0. The minimum absolute atomic E-state index is 0.149. The Hall–Kier alpha value is -0.590. The molecule has 1 aliphatic rings. The highest BCUT2D eigenvalue weighted by Gasteiger charge is 2.32. The molecule has 0 radical (unpaired) electrons. The predicted octanol–water partition coefficient (Wildman–Crippen LogP) is 2.57. The highest BCUT2D eigenvalue weighted by molar-refractivity contribution is 5.60. The summed E-state index contributed by atoms with van der Waals surface area (Å²) < 4.78 is 0. The molecule has 1 heteroatoms. The molecule has 0 saturated carbocycles. The molecule has 0 N–H and O–H groups in total. The van der Waals surface area contributed by atoms with Crippen LogP contribution in [0.5, 0.6) is 0 Å². The van der Waals surface area contributed by atoms with Crippen molar-refractivity contribution in [1.29, 1.82) is 0 Å². The monoisotopic (exact) mass is 152 g/mol. The molecule has 0 spiro atoms. The minimum atomic E-state index is 0.149.